The van der Waals surface area contributed by atoms with Gasteiger partial charge in [0.15, 0.2) is 0 Å². The third kappa shape index (κ3) is 5.17. The fraction of sp³-hybridized carbons (Fsp3) is 0.600. The number of benzene rings is 1. The minimum Gasteiger partial charge on any atom is -0.733 e. The van der Waals surface area contributed by atoms with Gasteiger partial charge in [0.25, 0.3) is 0 Å². The summed E-state index contributed by atoms with van der Waals surface area (Å²) in [4.78, 5) is 0. The first-order valence-electron chi connectivity index (χ1n) is 7.70. The summed E-state index contributed by atoms with van der Waals surface area (Å²) in [5.41, 5.74) is 0.698. The van der Waals surface area contributed by atoms with Crippen LogP contribution in [0.1, 0.15) is 25.7 Å². The van der Waals surface area contributed by atoms with Crippen molar-refractivity contribution in [1.29, 1.82) is 0 Å². The third-order valence-corrected chi connectivity index (χ3v) is 4.14. The molecule has 0 amide bonds. The monoisotopic (exact) mass is 346 g/mol. The first-order valence-corrected chi connectivity index (χ1v) is 7.70. The molecular weight excluding hydrogens is 324 g/mol. The molecule has 0 aliphatic heterocycles. The molecule has 136 valence electrons. The van der Waals surface area contributed by atoms with Crippen LogP contribution in [-0.4, -0.2) is 36.3 Å². The van der Waals surface area contributed by atoms with E-state index in [4.69, 9.17) is 0 Å². The van der Waals surface area contributed by atoms with Gasteiger partial charge in [-0.15, -0.1) is 0 Å². The van der Waals surface area contributed by atoms with Crippen molar-refractivity contribution in [2.24, 2.45) is 5.92 Å². The predicted octanol–water partition coefficient (Wildman–Crippen LogP) is 2.95. The Morgan fingerprint density at radius 3 is 2.67 bits per heavy atom. The highest BCUT2D eigenvalue weighted by atomic mass is 19.3. The fourth-order valence-electron chi connectivity index (χ4n) is 2.69. The van der Waals surface area contributed by atoms with Crippen molar-refractivity contribution in [1.82, 2.24) is 0 Å². The van der Waals surface area contributed by atoms with E-state index in [-0.39, 0.29) is 29.7 Å². The fourth-order valence-corrected chi connectivity index (χ4v) is 2.69. The molecule has 0 aromatic heterocycles. The molecule has 1 aliphatic rings. The van der Waals surface area contributed by atoms with E-state index in [1.807, 2.05) is 0 Å². The largest absolute Gasteiger partial charge is 0.733 e. The van der Waals surface area contributed by atoms with Crippen molar-refractivity contribution in [2.45, 2.75) is 38.0 Å². The van der Waals surface area contributed by atoms with Gasteiger partial charge in [-0.1, -0.05) is 0 Å². The highest BCUT2D eigenvalue weighted by molar-refractivity contribution is 5.74. The van der Waals surface area contributed by atoms with E-state index in [1.165, 1.54) is 13.2 Å². The van der Waals surface area contributed by atoms with Crippen LogP contribution in [0.3, 0.4) is 0 Å². The lowest BCUT2D eigenvalue weighted by molar-refractivity contribution is -0.0510. The van der Waals surface area contributed by atoms with Crippen LogP contribution in [0.5, 0.6) is 0 Å². The van der Waals surface area contributed by atoms with E-state index in [0.29, 0.717) is 30.8 Å². The molecule has 1 saturated carbocycles. The summed E-state index contributed by atoms with van der Waals surface area (Å²) in [6.07, 6.45) is -0.681. The molecule has 1 aromatic rings. The van der Waals surface area contributed by atoms with Gasteiger partial charge in [-0.3, -0.25) is 5.21 Å². The molecule has 0 spiro atoms. The molecule has 1 unspecified atom stereocenters. The standard InChI is InChI=1S/C15H22F2N3O4/c1-24-14(21)19-11-2-3-12(13(8-11)20(22)23)18-9-10-4-6-15(16,17)7-5-10/h2-3,8,10,14,18-19,21-22H,4-7,9H2,1H3/q-1. The van der Waals surface area contributed by atoms with E-state index in [1.54, 1.807) is 12.1 Å². The zero-order valence-electron chi connectivity index (χ0n) is 13.3. The normalized spacial score (nSPS) is 18.9. The minimum atomic E-state index is -2.58. The highest BCUT2D eigenvalue weighted by Gasteiger charge is 2.34. The average Bonchev–Trinajstić information content (AvgIpc) is 2.54. The van der Waals surface area contributed by atoms with E-state index in [2.05, 4.69) is 15.4 Å². The van der Waals surface area contributed by atoms with E-state index < -0.39 is 12.3 Å². The number of nitrogens with one attached hydrogen (secondary N) is 2. The van der Waals surface area contributed by atoms with Crippen LogP contribution in [0.4, 0.5) is 25.8 Å². The molecule has 1 aromatic carbocycles. The van der Waals surface area contributed by atoms with E-state index in [0.717, 1.165) is 0 Å². The quantitative estimate of drug-likeness (QED) is 0.445. The number of hydrogen-bond acceptors (Lipinski definition) is 7. The molecule has 1 fully saturated rings. The van der Waals surface area contributed by atoms with Gasteiger partial charge < -0.3 is 30.9 Å². The average molecular weight is 346 g/mol. The van der Waals surface area contributed by atoms with Gasteiger partial charge in [0.2, 0.25) is 12.3 Å². The molecule has 1 atom stereocenters. The molecule has 4 N–H and O–H groups in total. The molecular formula is C15H22F2N3O4-. The number of alkyl halides is 2. The maximum absolute atomic E-state index is 13.1. The van der Waals surface area contributed by atoms with Gasteiger partial charge in [0.05, 0.1) is 11.4 Å². The SMILES string of the molecule is COC(O)Nc1ccc(NCC2CCC(F)(F)CC2)c(N([O-])O)c1. The molecule has 0 radical (unpaired) electrons. The number of rotatable bonds is 7. The van der Waals surface area contributed by atoms with Gasteiger partial charge in [-0.25, -0.2) is 8.78 Å². The number of ether oxygens (including phenoxy) is 1. The van der Waals surface area contributed by atoms with Crippen LogP contribution >= 0.6 is 0 Å². The Morgan fingerprint density at radius 2 is 2.08 bits per heavy atom. The Kier molecular flexibility index (Phi) is 6.16. The lowest BCUT2D eigenvalue weighted by atomic mass is 9.87. The second kappa shape index (κ2) is 7.93. The minimum absolute atomic E-state index is 0.0514. The smallest absolute Gasteiger partial charge is 0.248 e. The number of halogens is 2. The third-order valence-electron chi connectivity index (χ3n) is 4.14. The first-order chi connectivity index (χ1) is 11.3. The molecule has 1 aliphatic carbocycles. The number of anilines is 3. The summed E-state index contributed by atoms with van der Waals surface area (Å²) in [6, 6.07) is 4.48. The molecule has 0 heterocycles. The van der Waals surface area contributed by atoms with Gasteiger partial charge in [-0.2, -0.15) is 0 Å². The Labute approximate surface area is 138 Å². The van der Waals surface area contributed by atoms with Crippen LogP contribution in [0, 0.1) is 11.1 Å². The molecule has 7 nitrogen and oxygen atoms in total. The Balaban J connectivity index is 1.99. The topological polar surface area (TPSA) is 100 Å². The Morgan fingerprint density at radius 1 is 1.42 bits per heavy atom. The van der Waals surface area contributed by atoms with Gasteiger partial charge >= 0.3 is 0 Å². The number of nitrogens with zero attached hydrogens (tertiary/aromatic N) is 1. The second-order valence-electron chi connectivity index (χ2n) is 5.92. The second-order valence-corrected chi connectivity index (χ2v) is 5.92. The molecule has 0 saturated heterocycles. The van der Waals surface area contributed by atoms with Crippen molar-refractivity contribution in [3.05, 3.63) is 23.4 Å². The predicted molar refractivity (Wildman–Crippen MR) is 86.1 cm³/mol. The summed E-state index contributed by atoms with van der Waals surface area (Å²) in [6.45, 7) is 0.435. The van der Waals surface area contributed by atoms with Crippen LogP contribution in [0.25, 0.3) is 0 Å². The number of methoxy groups -OCH3 is 1. The van der Waals surface area contributed by atoms with E-state index in [9.17, 15) is 24.3 Å². The molecule has 24 heavy (non-hydrogen) atoms. The van der Waals surface area contributed by atoms with Gasteiger partial charge in [0, 0.05) is 32.2 Å². The lowest BCUT2D eigenvalue weighted by Crippen LogP contribution is -2.28. The zero-order valence-corrected chi connectivity index (χ0v) is 13.3. The number of aliphatic hydroxyl groups is 1. The van der Waals surface area contributed by atoms with Crippen LogP contribution in [-0.2, 0) is 4.74 Å². The Hall–Kier alpha value is -1.68. The number of aliphatic hydroxyl groups excluding tert-OH is 1. The van der Waals surface area contributed by atoms with Crippen LogP contribution in [0.15, 0.2) is 18.2 Å². The molecule has 9 heteroatoms. The zero-order chi connectivity index (χ0) is 17.7. The Bertz CT molecular complexity index is 535. The maximum Gasteiger partial charge on any atom is 0.248 e. The van der Waals surface area contributed by atoms with Crippen molar-refractivity contribution < 1.29 is 23.8 Å². The summed E-state index contributed by atoms with van der Waals surface area (Å²) in [7, 11) is 1.30. The van der Waals surface area contributed by atoms with Crippen molar-refractivity contribution in [2.75, 3.05) is 29.5 Å². The van der Waals surface area contributed by atoms with Gasteiger partial charge in [-0.05, 0) is 37.0 Å². The van der Waals surface area contributed by atoms with E-state index >= 15 is 0 Å². The summed E-state index contributed by atoms with van der Waals surface area (Å²) >= 11 is 0. The van der Waals surface area contributed by atoms with Gasteiger partial charge in [0.1, 0.15) is 0 Å². The molecule has 0 bridgehead atoms. The van der Waals surface area contributed by atoms with Crippen molar-refractivity contribution in [3.8, 4) is 0 Å². The lowest BCUT2D eigenvalue weighted by Gasteiger charge is -2.30. The van der Waals surface area contributed by atoms with Crippen molar-refractivity contribution >= 4 is 17.1 Å². The van der Waals surface area contributed by atoms with Crippen LogP contribution < -0.4 is 15.9 Å². The maximum atomic E-state index is 13.1. The summed E-state index contributed by atoms with van der Waals surface area (Å²) < 4.78 is 30.9. The number of hydrogen-bond donors (Lipinski definition) is 4. The summed E-state index contributed by atoms with van der Waals surface area (Å²) in [5.74, 6) is -2.49. The highest BCUT2D eigenvalue weighted by Crippen LogP contribution is 2.36. The molecule has 2 rings (SSSR count). The summed E-state index contributed by atoms with van der Waals surface area (Å²) in [5, 5.41) is 35.2. The van der Waals surface area contributed by atoms with Crippen LogP contribution in [0.2, 0.25) is 0 Å². The first kappa shape index (κ1) is 18.7. The van der Waals surface area contributed by atoms with Crippen molar-refractivity contribution in [3.63, 3.8) is 0 Å².